The molecule has 0 aliphatic heterocycles. The van der Waals surface area contributed by atoms with Gasteiger partial charge in [-0.05, 0) is 36.8 Å². The minimum absolute atomic E-state index is 0.0379. The first-order valence-corrected chi connectivity index (χ1v) is 7.80. The summed E-state index contributed by atoms with van der Waals surface area (Å²) < 4.78 is 10.2. The number of furan rings is 1. The summed E-state index contributed by atoms with van der Waals surface area (Å²) in [5, 5.41) is 5.27. The number of benzene rings is 1. The predicted molar refractivity (Wildman–Crippen MR) is 90.6 cm³/mol. The summed E-state index contributed by atoms with van der Waals surface area (Å²) in [6.45, 7) is 3.16. The fourth-order valence-electron chi connectivity index (χ4n) is 2.10. The first-order chi connectivity index (χ1) is 11.9. The Morgan fingerprint density at radius 3 is 2.48 bits per heavy atom. The highest BCUT2D eigenvalue weighted by Gasteiger charge is 2.18. The molecule has 0 aliphatic rings. The number of rotatable bonds is 7. The molecule has 1 aromatic heterocycles. The van der Waals surface area contributed by atoms with Gasteiger partial charge in [0.05, 0.1) is 19.2 Å². The molecule has 0 fully saturated rings. The topological polar surface area (TPSA) is 97.6 Å². The minimum atomic E-state index is -0.902. The van der Waals surface area contributed by atoms with E-state index >= 15 is 0 Å². The average molecular weight is 344 g/mol. The zero-order valence-corrected chi connectivity index (χ0v) is 14.1. The van der Waals surface area contributed by atoms with Crippen molar-refractivity contribution < 1.29 is 23.5 Å². The third kappa shape index (κ3) is 6.14. The molecule has 25 heavy (non-hydrogen) atoms. The van der Waals surface area contributed by atoms with Crippen molar-refractivity contribution in [3.05, 3.63) is 54.0 Å². The van der Waals surface area contributed by atoms with E-state index in [2.05, 4.69) is 10.6 Å². The number of ether oxygens (including phenoxy) is 1. The molecule has 132 valence electrons. The van der Waals surface area contributed by atoms with Gasteiger partial charge in [-0.2, -0.15) is 0 Å². The van der Waals surface area contributed by atoms with Crippen LogP contribution in [0.25, 0.3) is 0 Å². The smallest absolute Gasteiger partial charge is 0.311 e. The van der Waals surface area contributed by atoms with Gasteiger partial charge >= 0.3 is 5.97 Å². The number of esters is 1. The summed E-state index contributed by atoms with van der Waals surface area (Å²) in [5.41, 5.74) is 1.37. The van der Waals surface area contributed by atoms with Crippen LogP contribution < -0.4 is 10.6 Å². The Morgan fingerprint density at radius 2 is 1.88 bits per heavy atom. The SMILES string of the molecule is CC(=O)Nc1ccc(CC(=O)O[C@H](C)C(=O)NCc2ccco2)cc1. The normalized spacial score (nSPS) is 11.4. The Bertz CT molecular complexity index is 722. The second-order valence-electron chi connectivity index (χ2n) is 5.48. The molecule has 1 heterocycles. The number of carbonyl (C=O) groups excluding carboxylic acids is 3. The van der Waals surface area contributed by atoms with Crippen molar-refractivity contribution >= 4 is 23.5 Å². The van der Waals surface area contributed by atoms with E-state index in [9.17, 15) is 14.4 Å². The van der Waals surface area contributed by atoms with E-state index in [1.165, 1.54) is 20.1 Å². The van der Waals surface area contributed by atoms with Crippen molar-refractivity contribution in [3.8, 4) is 0 Å². The van der Waals surface area contributed by atoms with Gasteiger partial charge in [-0.15, -0.1) is 0 Å². The highest BCUT2D eigenvalue weighted by atomic mass is 16.5. The van der Waals surface area contributed by atoms with Gasteiger partial charge in [0.1, 0.15) is 5.76 Å². The monoisotopic (exact) mass is 344 g/mol. The Labute approximate surface area is 145 Å². The third-order valence-electron chi connectivity index (χ3n) is 3.32. The molecule has 2 rings (SSSR count). The first-order valence-electron chi connectivity index (χ1n) is 7.80. The number of carbonyl (C=O) groups is 3. The lowest BCUT2D eigenvalue weighted by molar-refractivity contribution is -0.154. The van der Waals surface area contributed by atoms with E-state index in [-0.39, 0.29) is 18.9 Å². The van der Waals surface area contributed by atoms with Gasteiger partial charge in [0.2, 0.25) is 5.91 Å². The first kappa shape index (κ1) is 18.3. The van der Waals surface area contributed by atoms with Crippen molar-refractivity contribution in [1.82, 2.24) is 5.32 Å². The zero-order chi connectivity index (χ0) is 18.2. The largest absolute Gasteiger partial charge is 0.467 e. The predicted octanol–water partition coefficient (Wildman–Crippen LogP) is 2.03. The second kappa shape index (κ2) is 8.68. The molecule has 7 nitrogen and oxygen atoms in total. The van der Waals surface area contributed by atoms with Crippen LogP contribution in [0.15, 0.2) is 47.1 Å². The molecule has 0 radical (unpaired) electrons. The maximum absolute atomic E-state index is 11.9. The molecule has 7 heteroatoms. The molecule has 0 spiro atoms. The van der Waals surface area contributed by atoms with Crippen molar-refractivity contribution in [3.63, 3.8) is 0 Å². The van der Waals surface area contributed by atoms with Gasteiger partial charge in [0.15, 0.2) is 6.10 Å². The van der Waals surface area contributed by atoms with Crippen LogP contribution in [0.1, 0.15) is 25.2 Å². The summed E-state index contributed by atoms with van der Waals surface area (Å²) in [6, 6.07) is 10.3. The minimum Gasteiger partial charge on any atom is -0.467 e. The van der Waals surface area contributed by atoms with E-state index in [1.54, 1.807) is 36.4 Å². The van der Waals surface area contributed by atoms with E-state index in [0.29, 0.717) is 11.4 Å². The van der Waals surface area contributed by atoms with Gasteiger partial charge in [-0.25, -0.2) is 0 Å². The maximum atomic E-state index is 11.9. The highest BCUT2D eigenvalue weighted by Crippen LogP contribution is 2.11. The fourth-order valence-corrected chi connectivity index (χ4v) is 2.10. The summed E-state index contributed by atoms with van der Waals surface area (Å²) in [4.78, 5) is 34.8. The van der Waals surface area contributed by atoms with Crippen LogP contribution >= 0.6 is 0 Å². The maximum Gasteiger partial charge on any atom is 0.311 e. The quantitative estimate of drug-likeness (QED) is 0.749. The lowest BCUT2D eigenvalue weighted by Crippen LogP contribution is -2.35. The highest BCUT2D eigenvalue weighted by molar-refractivity contribution is 5.88. The Kier molecular flexibility index (Phi) is 6.33. The number of hydrogen-bond donors (Lipinski definition) is 2. The Hall–Kier alpha value is -3.09. The van der Waals surface area contributed by atoms with Crippen molar-refractivity contribution in [1.29, 1.82) is 0 Å². The molecular formula is C18H20N2O5. The van der Waals surface area contributed by atoms with E-state index in [1.807, 2.05) is 0 Å². The van der Waals surface area contributed by atoms with Crippen LogP contribution in [0.5, 0.6) is 0 Å². The number of amides is 2. The molecule has 0 bridgehead atoms. The van der Waals surface area contributed by atoms with Crippen LogP contribution in [-0.4, -0.2) is 23.9 Å². The van der Waals surface area contributed by atoms with Crippen LogP contribution in [0, 0.1) is 0 Å². The Morgan fingerprint density at radius 1 is 1.16 bits per heavy atom. The lowest BCUT2D eigenvalue weighted by Gasteiger charge is -2.13. The van der Waals surface area contributed by atoms with Gasteiger partial charge in [0.25, 0.3) is 5.91 Å². The lowest BCUT2D eigenvalue weighted by atomic mass is 10.1. The average Bonchev–Trinajstić information content (AvgIpc) is 3.07. The molecule has 0 saturated heterocycles. The van der Waals surface area contributed by atoms with Gasteiger partial charge in [-0.1, -0.05) is 12.1 Å². The van der Waals surface area contributed by atoms with E-state index in [0.717, 1.165) is 5.56 Å². The molecular weight excluding hydrogens is 324 g/mol. The van der Waals surface area contributed by atoms with Crippen LogP contribution in [0.2, 0.25) is 0 Å². The molecule has 2 amide bonds. The van der Waals surface area contributed by atoms with Crippen molar-refractivity contribution in [2.45, 2.75) is 32.9 Å². The standard InChI is InChI=1S/C18H20N2O5/c1-12(18(23)19-11-16-4-3-9-24-16)25-17(22)10-14-5-7-15(8-6-14)20-13(2)21/h3-9,12H,10-11H2,1-2H3,(H,19,23)(H,20,21)/t12-/m1/s1. The molecule has 0 aliphatic carbocycles. The number of anilines is 1. The third-order valence-corrected chi connectivity index (χ3v) is 3.32. The Balaban J connectivity index is 1.78. The van der Waals surface area contributed by atoms with Gasteiger partial charge in [0, 0.05) is 12.6 Å². The summed E-state index contributed by atoms with van der Waals surface area (Å²) in [5.74, 6) is -0.452. The molecule has 1 aromatic carbocycles. The summed E-state index contributed by atoms with van der Waals surface area (Å²) in [6.07, 6.45) is 0.652. The molecule has 2 aromatic rings. The molecule has 0 unspecified atom stereocenters. The van der Waals surface area contributed by atoms with E-state index in [4.69, 9.17) is 9.15 Å². The molecule has 2 N–H and O–H groups in total. The summed E-state index contributed by atoms with van der Waals surface area (Å²) in [7, 11) is 0. The molecule has 1 atom stereocenters. The van der Waals surface area contributed by atoms with Crippen LogP contribution in [0.4, 0.5) is 5.69 Å². The summed E-state index contributed by atoms with van der Waals surface area (Å²) >= 11 is 0. The van der Waals surface area contributed by atoms with Crippen molar-refractivity contribution in [2.24, 2.45) is 0 Å². The van der Waals surface area contributed by atoms with E-state index < -0.39 is 18.0 Å². The number of nitrogens with one attached hydrogen (secondary N) is 2. The van der Waals surface area contributed by atoms with Crippen LogP contribution in [0.3, 0.4) is 0 Å². The number of hydrogen-bond acceptors (Lipinski definition) is 5. The van der Waals surface area contributed by atoms with Gasteiger partial charge in [-0.3, -0.25) is 14.4 Å². The van der Waals surface area contributed by atoms with Crippen molar-refractivity contribution in [2.75, 3.05) is 5.32 Å². The second-order valence-corrected chi connectivity index (χ2v) is 5.48. The molecule has 0 saturated carbocycles. The van der Waals surface area contributed by atoms with Gasteiger partial charge < -0.3 is 19.8 Å². The van der Waals surface area contributed by atoms with Crippen LogP contribution in [-0.2, 0) is 32.1 Å². The fraction of sp³-hybridized carbons (Fsp3) is 0.278. The zero-order valence-electron chi connectivity index (χ0n) is 14.1.